The lowest BCUT2D eigenvalue weighted by molar-refractivity contribution is 0.177. The first-order chi connectivity index (χ1) is 7.10. The van der Waals surface area contributed by atoms with E-state index in [-0.39, 0.29) is 0 Å². The van der Waals surface area contributed by atoms with E-state index in [2.05, 4.69) is 5.32 Å². The van der Waals surface area contributed by atoms with Gasteiger partial charge in [0.05, 0.1) is 6.10 Å². The van der Waals surface area contributed by atoms with E-state index in [9.17, 15) is 10.2 Å². The van der Waals surface area contributed by atoms with Crippen LogP contribution in [0.1, 0.15) is 29.7 Å². The first-order valence-electron chi connectivity index (χ1n) is 5.25. The van der Waals surface area contributed by atoms with Gasteiger partial charge >= 0.3 is 0 Å². The number of phenols is 1. The van der Waals surface area contributed by atoms with Gasteiger partial charge < -0.3 is 15.5 Å². The second-order valence-corrected chi connectivity index (χ2v) is 3.76. The van der Waals surface area contributed by atoms with Crippen molar-refractivity contribution in [2.24, 2.45) is 0 Å². The van der Waals surface area contributed by atoms with Crippen molar-refractivity contribution in [3.63, 3.8) is 0 Å². The van der Waals surface area contributed by atoms with Gasteiger partial charge in [-0.05, 0) is 49.2 Å². The minimum absolute atomic E-state index is 0.315. The molecule has 0 aliphatic carbocycles. The molecule has 3 N–H and O–H groups in total. The molecule has 1 aromatic carbocycles. The van der Waals surface area contributed by atoms with Gasteiger partial charge in [-0.2, -0.15) is 0 Å². The summed E-state index contributed by atoms with van der Waals surface area (Å²) in [5.41, 5.74) is 2.69. The Balaban J connectivity index is 3.06. The average Bonchev–Trinajstić information content (AvgIpc) is 2.18. The molecule has 0 saturated heterocycles. The third-order valence-corrected chi connectivity index (χ3v) is 2.60. The Kier molecular flexibility index (Phi) is 4.12. The second kappa shape index (κ2) is 5.14. The zero-order valence-electron chi connectivity index (χ0n) is 9.54. The molecular formula is C12H19NO2. The Hall–Kier alpha value is -1.06. The lowest BCUT2D eigenvalue weighted by Gasteiger charge is -2.15. The van der Waals surface area contributed by atoms with Gasteiger partial charge in [-0.3, -0.25) is 0 Å². The van der Waals surface area contributed by atoms with Crippen molar-refractivity contribution in [3.05, 3.63) is 28.8 Å². The summed E-state index contributed by atoms with van der Waals surface area (Å²) < 4.78 is 0. The number of likely N-dealkylation sites (N-methyl/N-ethyl adjacent to an activating group) is 1. The van der Waals surface area contributed by atoms with Crippen molar-refractivity contribution >= 4 is 0 Å². The number of phenolic OH excluding ortho intramolecular Hbond substituents is 1. The lowest BCUT2D eigenvalue weighted by Crippen LogP contribution is -2.17. The maximum atomic E-state index is 9.87. The van der Waals surface area contributed by atoms with Crippen LogP contribution in [0.5, 0.6) is 5.75 Å². The van der Waals surface area contributed by atoms with Crippen LogP contribution in [0.25, 0.3) is 0 Å². The molecule has 15 heavy (non-hydrogen) atoms. The van der Waals surface area contributed by atoms with Crippen molar-refractivity contribution < 1.29 is 10.2 Å². The Morgan fingerprint density at radius 3 is 2.60 bits per heavy atom. The minimum Gasteiger partial charge on any atom is -0.508 e. The first kappa shape index (κ1) is 12.0. The highest BCUT2D eigenvalue weighted by atomic mass is 16.3. The number of aliphatic hydroxyl groups is 1. The summed E-state index contributed by atoms with van der Waals surface area (Å²) in [6.45, 7) is 4.40. The molecule has 1 atom stereocenters. The lowest BCUT2D eigenvalue weighted by atomic mass is 9.98. The highest BCUT2D eigenvalue weighted by Gasteiger charge is 2.12. The van der Waals surface area contributed by atoms with E-state index in [0.717, 1.165) is 23.1 Å². The number of hydrogen-bond acceptors (Lipinski definition) is 3. The number of nitrogens with one attached hydrogen (secondary N) is 1. The molecule has 0 saturated carbocycles. The summed E-state index contributed by atoms with van der Waals surface area (Å²) in [5.74, 6) is 0.315. The number of aliphatic hydroxyl groups excluding tert-OH is 1. The van der Waals surface area contributed by atoms with E-state index >= 15 is 0 Å². The maximum absolute atomic E-state index is 9.87. The molecule has 1 unspecified atom stereocenters. The van der Waals surface area contributed by atoms with E-state index in [1.807, 2.05) is 19.9 Å². The van der Waals surface area contributed by atoms with Crippen LogP contribution in [0.2, 0.25) is 0 Å². The van der Waals surface area contributed by atoms with Gasteiger partial charge in [-0.1, -0.05) is 6.92 Å². The van der Waals surface area contributed by atoms with Crippen molar-refractivity contribution in [1.82, 2.24) is 5.32 Å². The SMILES string of the molecule is CCc1cc(C(O)CNC)c(C)cc1O. The molecule has 3 nitrogen and oxygen atoms in total. The fourth-order valence-electron chi connectivity index (χ4n) is 1.70. The monoisotopic (exact) mass is 209 g/mol. The van der Waals surface area contributed by atoms with E-state index < -0.39 is 6.10 Å². The van der Waals surface area contributed by atoms with Crippen molar-refractivity contribution in [1.29, 1.82) is 0 Å². The fraction of sp³-hybridized carbons (Fsp3) is 0.500. The van der Waals surface area contributed by atoms with Gasteiger partial charge in [-0.15, -0.1) is 0 Å². The molecular weight excluding hydrogens is 190 g/mol. The fourth-order valence-corrected chi connectivity index (χ4v) is 1.70. The summed E-state index contributed by atoms with van der Waals surface area (Å²) in [7, 11) is 1.81. The van der Waals surface area contributed by atoms with Crippen LogP contribution in [0.3, 0.4) is 0 Å². The molecule has 0 amide bonds. The molecule has 0 fully saturated rings. The van der Waals surface area contributed by atoms with Crippen molar-refractivity contribution in [2.75, 3.05) is 13.6 Å². The molecule has 0 radical (unpaired) electrons. The smallest absolute Gasteiger partial charge is 0.119 e. The zero-order valence-corrected chi connectivity index (χ0v) is 9.54. The van der Waals surface area contributed by atoms with Gasteiger partial charge in [-0.25, -0.2) is 0 Å². The van der Waals surface area contributed by atoms with Gasteiger partial charge in [0.15, 0.2) is 0 Å². The second-order valence-electron chi connectivity index (χ2n) is 3.76. The Bertz CT molecular complexity index is 337. The van der Waals surface area contributed by atoms with Crippen LogP contribution in [-0.4, -0.2) is 23.8 Å². The molecule has 1 aromatic rings. The average molecular weight is 209 g/mol. The van der Waals surface area contributed by atoms with Crippen LogP contribution in [-0.2, 0) is 6.42 Å². The summed E-state index contributed by atoms with van der Waals surface area (Å²) >= 11 is 0. The van der Waals surface area contributed by atoms with Crippen LogP contribution < -0.4 is 5.32 Å². The standard InChI is InChI=1S/C12H19NO2/c1-4-9-6-10(12(15)7-13-3)8(2)5-11(9)14/h5-6,12-15H,4,7H2,1-3H3. The molecule has 1 rings (SSSR count). The summed E-state index contributed by atoms with van der Waals surface area (Å²) in [5, 5.41) is 22.4. The zero-order chi connectivity index (χ0) is 11.4. The molecule has 0 aliphatic rings. The minimum atomic E-state index is -0.513. The Labute approximate surface area is 90.8 Å². The topological polar surface area (TPSA) is 52.5 Å². The summed E-state index contributed by atoms with van der Waals surface area (Å²) in [4.78, 5) is 0. The molecule has 0 spiro atoms. The van der Waals surface area contributed by atoms with Gasteiger partial charge in [0.25, 0.3) is 0 Å². The number of aromatic hydroxyl groups is 1. The van der Waals surface area contributed by atoms with E-state index in [1.54, 1.807) is 13.1 Å². The normalized spacial score (nSPS) is 12.8. The van der Waals surface area contributed by atoms with Gasteiger partial charge in [0.2, 0.25) is 0 Å². The summed E-state index contributed by atoms with van der Waals surface area (Å²) in [6.07, 6.45) is 0.256. The molecule has 0 aromatic heterocycles. The number of hydrogen-bond donors (Lipinski definition) is 3. The third-order valence-electron chi connectivity index (χ3n) is 2.60. The Morgan fingerprint density at radius 1 is 1.40 bits per heavy atom. The molecule has 0 bridgehead atoms. The molecule has 0 heterocycles. The summed E-state index contributed by atoms with van der Waals surface area (Å²) in [6, 6.07) is 3.60. The van der Waals surface area contributed by atoms with E-state index in [4.69, 9.17) is 0 Å². The maximum Gasteiger partial charge on any atom is 0.119 e. The number of aryl methyl sites for hydroxylation is 2. The van der Waals surface area contributed by atoms with Crippen LogP contribution in [0.15, 0.2) is 12.1 Å². The van der Waals surface area contributed by atoms with Crippen LogP contribution >= 0.6 is 0 Å². The molecule has 0 aliphatic heterocycles. The van der Waals surface area contributed by atoms with E-state index in [0.29, 0.717) is 12.3 Å². The molecule has 3 heteroatoms. The predicted octanol–water partition coefficient (Wildman–Crippen LogP) is 1.52. The largest absolute Gasteiger partial charge is 0.508 e. The van der Waals surface area contributed by atoms with Crippen molar-refractivity contribution in [2.45, 2.75) is 26.4 Å². The number of rotatable bonds is 4. The van der Waals surface area contributed by atoms with Crippen molar-refractivity contribution in [3.8, 4) is 5.75 Å². The highest BCUT2D eigenvalue weighted by Crippen LogP contribution is 2.26. The Morgan fingerprint density at radius 2 is 2.07 bits per heavy atom. The highest BCUT2D eigenvalue weighted by molar-refractivity contribution is 5.42. The number of benzene rings is 1. The van der Waals surface area contributed by atoms with E-state index in [1.165, 1.54) is 0 Å². The molecule has 84 valence electrons. The van der Waals surface area contributed by atoms with Crippen LogP contribution in [0.4, 0.5) is 0 Å². The quantitative estimate of drug-likeness (QED) is 0.704. The van der Waals surface area contributed by atoms with Crippen LogP contribution in [0, 0.1) is 6.92 Å². The first-order valence-corrected chi connectivity index (χ1v) is 5.25. The van der Waals surface area contributed by atoms with Gasteiger partial charge in [0.1, 0.15) is 5.75 Å². The third kappa shape index (κ3) is 2.70. The van der Waals surface area contributed by atoms with Gasteiger partial charge in [0, 0.05) is 6.54 Å². The predicted molar refractivity (Wildman–Crippen MR) is 61.1 cm³/mol.